The van der Waals surface area contributed by atoms with E-state index in [2.05, 4.69) is 20.1 Å². The SMILES string of the molecule is COCCCNC(=O)CCCSc1nnc(-c2ccccc2)n1-c1ccccc1. The van der Waals surface area contributed by atoms with Gasteiger partial charge >= 0.3 is 0 Å². The summed E-state index contributed by atoms with van der Waals surface area (Å²) in [6.45, 7) is 1.32. The second kappa shape index (κ2) is 11.4. The van der Waals surface area contributed by atoms with Gasteiger partial charge in [0, 0.05) is 43.7 Å². The van der Waals surface area contributed by atoms with Crippen molar-refractivity contribution in [3.05, 3.63) is 60.7 Å². The summed E-state index contributed by atoms with van der Waals surface area (Å²) < 4.78 is 7.06. The van der Waals surface area contributed by atoms with Crippen LogP contribution in [0.3, 0.4) is 0 Å². The Hall–Kier alpha value is -2.64. The van der Waals surface area contributed by atoms with Gasteiger partial charge in [0.2, 0.25) is 5.91 Å². The molecule has 0 fully saturated rings. The fourth-order valence-electron chi connectivity index (χ4n) is 2.88. The number of rotatable bonds is 11. The standard InChI is InChI=1S/C22H26N4O2S/c1-28-16-9-15-23-20(27)14-8-17-29-22-25-24-21(18-10-4-2-5-11-18)26(22)19-12-6-3-7-13-19/h2-7,10-13H,8-9,14-17H2,1H3,(H,23,27). The Morgan fingerprint density at radius 1 is 1.03 bits per heavy atom. The lowest BCUT2D eigenvalue weighted by Crippen LogP contribution is -2.24. The highest BCUT2D eigenvalue weighted by molar-refractivity contribution is 7.99. The zero-order valence-electron chi connectivity index (χ0n) is 16.6. The van der Waals surface area contributed by atoms with Crippen molar-refractivity contribution >= 4 is 17.7 Å². The Balaban J connectivity index is 1.63. The maximum atomic E-state index is 11.9. The minimum absolute atomic E-state index is 0.0798. The summed E-state index contributed by atoms with van der Waals surface area (Å²) in [5.41, 5.74) is 2.04. The first-order chi connectivity index (χ1) is 14.3. The smallest absolute Gasteiger partial charge is 0.220 e. The number of para-hydroxylation sites is 1. The molecule has 3 rings (SSSR count). The van der Waals surface area contributed by atoms with E-state index < -0.39 is 0 Å². The number of methoxy groups -OCH3 is 1. The molecule has 2 aromatic carbocycles. The minimum Gasteiger partial charge on any atom is -0.385 e. The maximum absolute atomic E-state index is 11.9. The Bertz CT molecular complexity index is 884. The van der Waals surface area contributed by atoms with Crippen LogP contribution in [0.15, 0.2) is 65.8 Å². The largest absolute Gasteiger partial charge is 0.385 e. The highest BCUT2D eigenvalue weighted by Gasteiger charge is 2.15. The van der Waals surface area contributed by atoms with Gasteiger partial charge in [0.15, 0.2) is 11.0 Å². The molecule has 152 valence electrons. The number of aromatic nitrogens is 3. The van der Waals surface area contributed by atoms with Crippen LogP contribution < -0.4 is 5.32 Å². The first kappa shape index (κ1) is 21.1. The third-order valence-electron chi connectivity index (χ3n) is 4.31. The molecule has 0 aliphatic heterocycles. The second-order valence-corrected chi connectivity index (χ2v) is 7.55. The summed E-state index contributed by atoms with van der Waals surface area (Å²) >= 11 is 1.62. The Morgan fingerprint density at radius 3 is 2.48 bits per heavy atom. The van der Waals surface area contributed by atoms with Gasteiger partial charge in [-0.1, -0.05) is 60.3 Å². The van der Waals surface area contributed by atoms with Crippen LogP contribution in [-0.4, -0.2) is 46.7 Å². The van der Waals surface area contributed by atoms with Crippen LogP contribution in [0.4, 0.5) is 0 Å². The van der Waals surface area contributed by atoms with Crippen molar-refractivity contribution in [1.29, 1.82) is 0 Å². The van der Waals surface area contributed by atoms with Crippen molar-refractivity contribution in [2.45, 2.75) is 24.4 Å². The van der Waals surface area contributed by atoms with Gasteiger partial charge in [-0.2, -0.15) is 0 Å². The van der Waals surface area contributed by atoms with E-state index >= 15 is 0 Å². The average molecular weight is 411 g/mol. The fraction of sp³-hybridized carbons (Fsp3) is 0.318. The van der Waals surface area contributed by atoms with Crippen LogP contribution in [0.2, 0.25) is 0 Å². The lowest BCUT2D eigenvalue weighted by molar-refractivity contribution is -0.121. The number of nitrogens with zero attached hydrogens (tertiary/aromatic N) is 3. The first-order valence-corrected chi connectivity index (χ1v) is 10.7. The quantitative estimate of drug-likeness (QED) is 0.383. The number of carbonyl (C=O) groups is 1. The lowest BCUT2D eigenvalue weighted by atomic mass is 10.2. The summed E-state index contributed by atoms with van der Waals surface area (Å²) in [5.74, 6) is 1.69. The molecule has 0 aliphatic rings. The Labute approximate surface area is 175 Å². The molecule has 0 aliphatic carbocycles. The molecule has 0 saturated carbocycles. The number of hydrogen-bond donors (Lipinski definition) is 1. The van der Waals surface area contributed by atoms with Gasteiger partial charge in [0.25, 0.3) is 0 Å². The molecule has 0 radical (unpaired) electrons. The van der Waals surface area contributed by atoms with E-state index in [-0.39, 0.29) is 5.91 Å². The molecule has 3 aromatic rings. The third-order valence-corrected chi connectivity index (χ3v) is 5.32. The highest BCUT2D eigenvalue weighted by Crippen LogP contribution is 2.28. The van der Waals surface area contributed by atoms with Crippen molar-refractivity contribution in [2.75, 3.05) is 26.0 Å². The van der Waals surface area contributed by atoms with Gasteiger partial charge < -0.3 is 10.1 Å². The van der Waals surface area contributed by atoms with E-state index in [1.807, 2.05) is 60.7 Å². The molecule has 7 heteroatoms. The Kier molecular flexibility index (Phi) is 8.27. The number of amides is 1. The first-order valence-electron chi connectivity index (χ1n) is 9.74. The molecule has 0 spiro atoms. The molecule has 1 N–H and O–H groups in total. The summed E-state index contributed by atoms with van der Waals surface area (Å²) in [6, 6.07) is 20.2. The average Bonchev–Trinajstić information content (AvgIpc) is 3.19. The van der Waals surface area contributed by atoms with Crippen molar-refractivity contribution < 1.29 is 9.53 Å². The number of hydrogen-bond acceptors (Lipinski definition) is 5. The summed E-state index contributed by atoms with van der Waals surface area (Å²) in [5, 5.41) is 12.6. The number of thioether (sulfide) groups is 1. The van der Waals surface area contributed by atoms with Gasteiger partial charge in [-0.15, -0.1) is 10.2 Å². The zero-order chi connectivity index (χ0) is 20.3. The molecule has 29 heavy (non-hydrogen) atoms. The summed E-state index contributed by atoms with van der Waals surface area (Å²) in [7, 11) is 1.66. The molecule has 0 saturated heterocycles. The molecule has 0 atom stereocenters. The lowest BCUT2D eigenvalue weighted by Gasteiger charge is -2.10. The summed E-state index contributed by atoms with van der Waals surface area (Å²) in [6.07, 6.45) is 2.12. The van der Waals surface area contributed by atoms with E-state index in [1.54, 1.807) is 18.9 Å². The van der Waals surface area contributed by atoms with Crippen LogP contribution in [0.25, 0.3) is 17.1 Å². The van der Waals surface area contributed by atoms with Crippen LogP contribution in [0, 0.1) is 0 Å². The van der Waals surface area contributed by atoms with Crippen LogP contribution in [-0.2, 0) is 9.53 Å². The van der Waals surface area contributed by atoms with Crippen molar-refractivity contribution in [1.82, 2.24) is 20.1 Å². The normalized spacial score (nSPS) is 10.8. The van der Waals surface area contributed by atoms with Gasteiger partial charge in [0.1, 0.15) is 0 Å². The fourth-order valence-corrected chi connectivity index (χ4v) is 3.77. The second-order valence-electron chi connectivity index (χ2n) is 6.49. The van der Waals surface area contributed by atoms with E-state index in [0.717, 1.165) is 40.8 Å². The van der Waals surface area contributed by atoms with E-state index in [0.29, 0.717) is 19.6 Å². The van der Waals surface area contributed by atoms with Crippen LogP contribution in [0.1, 0.15) is 19.3 Å². The van der Waals surface area contributed by atoms with E-state index in [9.17, 15) is 4.79 Å². The number of nitrogens with one attached hydrogen (secondary N) is 1. The molecule has 1 aromatic heterocycles. The number of benzene rings is 2. The minimum atomic E-state index is 0.0798. The van der Waals surface area contributed by atoms with Gasteiger partial charge in [0.05, 0.1) is 0 Å². The number of carbonyl (C=O) groups excluding carboxylic acids is 1. The van der Waals surface area contributed by atoms with Gasteiger partial charge in [-0.25, -0.2) is 0 Å². The third kappa shape index (κ3) is 6.17. The van der Waals surface area contributed by atoms with Crippen molar-refractivity contribution in [3.63, 3.8) is 0 Å². The van der Waals surface area contributed by atoms with Gasteiger partial charge in [-0.05, 0) is 25.0 Å². The molecule has 1 amide bonds. The van der Waals surface area contributed by atoms with Gasteiger partial charge in [-0.3, -0.25) is 9.36 Å². The maximum Gasteiger partial charge on any atom is 0.220 e. The molecule has 6 nitrogen and oxygen atoms in total. The molecule has 0 bridgehead atoms. The molecule has 0 unspecified atom stereocenters. The molecular weight excluding hydrogens is 384 g/mol. The van der Waals surface area contributed by atoms with E-state index in [1.165, 1.54) is 0 Å². The highest BCUT2D eigenvalue weighted by atomic mass is 32.2. The number of ether oxygens (including phenoxy) is 1. The zero-order valence-corrected chi connectivity index (χ0v) is 17.4. The van der Waals surface area contributed by atoms with Crippen LogP contribution >= 0.6 is 11.8 Å². The summed E-state index contributed by atoms with van der Waals surface area (Å²) in [4.78, 5) is 11.9. The monoisotopic (exact) mass is 410 g/mol. The van der Waals surface area contributed by atoms with Crippen LogP contribution in [0.5, 0.6) is 0 Å². The predicted octanol–water partition coefficient (Wildman–Crippen LogP) is 3.96. The topological polar surface area (TPSA) is 69.0 Å². The molecular formula is C22H26N4O2S. The van der Waals surface area contributed by atoms with Crippen molar-refractivity contribution in [3.8, 4) is 17.1 Å². The Morgan fingerprint density at radius 2 is 1.76 bits per heavy atom. The van der Waals surface area contributed by atoms with Crippen molar-refractivity contribution in [2.24, 2.45) is 0 Å². The molecule has 1 heterocycles. The predicted molar refractivity (Wildman–Crippen MR) is 116 cm³/mol. The van der Waals surface area contributed by atoms with E-state index in [4.69, 9.17) is 4.74 Å².